The van der Waals surface area contributed by atoms with E-state index >= 15 is 0 Å². The highest BCUT2D eigenvalue weighted by Crippen LogP contribution is 2.24. The fourth-order valence-electron chi connectivity index (χ4n) is 2.31. The number of nitrogens with zero attached hydrogens (tertiary/aromatic N) is 2. The summed E-state index contributed by atoms with van der Waals surface area (Å²) in [6, 6.07) is 20.5. The van der Waals surface area contributed by atoms with E-state index in [0.717, 1.165) is 40.5 Å². The van der Waals surface area contributed by atoms with Crippen molar-refractivity contribution in [1.29, 1.82) is 0 Å². The predicted octanol–water partition coefficient (Wildman–Crippen LogP) is 5.43. The van der Waals surface area contributed by atoms with Gasteiger partial charge in [-0.2, -0.15) is 5.10 Å². The molecule has 1 heterocycles. The first kappa shape index (κ1) is 15.4. The summed E-state index contributed by atoms with van der Waals surface area (Å²) >= 11 is 1.57. The van der Waals surface area contributed by atoms with Gasteiger partial charge in [0, 0.05) is 10.9 Å². The molecule has 1 N–H and O–H groups in total. The van der Waals surface area contributed by atoms with Gasteiger partial charge in [0.2, 0.25) is 5.13 Å². The molecule has 0 bridgehead atoms. The Morgan fingerprint density at radius 2 is 1.74 bits per heavy atom. The summed E-state index contributed by atoms with van der Waals surface area (Å²) in [6.07, 6.45) is 2.00. The Morgan fingerprint density at radius 3 is 2.43 bits per heavy atom. The van der Waals surface area contributed by atoms with E-state index in [1.165, 1.54) is 0 Å². The number of hydrogen-bond acceptors (Lipinski definition) is 4. The van der Waals surface area contributed by atoms with Crippen LogP contribution < -0.4 is 5.43 Å². The maximum absolute atomic E-state index is 4.61. The van der Waals surface area contributed by atoms with Gasteiger partial charge in [-0.05, 0) is 12.0 Å². The van der Waals surface area contributed by atoms with Crippen molar-refractivity contribution in [3.8, 4) is 11.3 Å². The summed E-state index contributed by atoms with van der Waals surface area (Å²) in [5, 5.41) is 7.44. The van der Waals surface area contributed by atoms with Crippen molar-refractivity contribution in [1.82, 2.24) is 4.98 Å². The molecule has 0 aliphatic carbocycles. The van der Waals surface area contributed by atoms with Gasteiger partial charge in [-0.1, -0.05) is 74.0 Å². The Labute approximate surface area is 140 Å². The Balaban J connectivity index is 1.77. The third kappa shape index (κ3) is 4.05. The lowest BCUT2D eigenvalue weighted by Crippen LogP contribution is -2.04. The van der Waals surface area contributed by atoms with E-state index in [0.29, 0.717) is 0 Å². The fraction of sp³-hybridized carbons (Fsp3) is 0.158. The van der Waals surface area contributed by atoms with Crippen LogP contribution in [-0.2, 0) is 0 Å². The summed E-state index contributed by atoms with van der Waals surface area (Å²) in [5.41, 5.74) is 7.43. The number of anilines is 1. The van der Waals surface area contributed by atoms with Crippen molar-refractivity contribution in [3.63, 3.8) is 0 Å². The molecule has 0 unspecified atom stereocenters. The summed E-state index contributed by atoms with van der Waals surface area (Å²) in [6.45, 7) is 2.16. The number of rotatable bonds is 6. The van der Waals surface area contributed by atoms with Crippen LogP contribution in [0.3, 0.4) is 0 Å². The SMILES string of the molecule is CCC/C(=N/Nc1nc(-c2ccccc2)cs1)c1ccccc1. The quantitative estimate of drug-likeness (QED) is 0.486. The maximum atomic E-state index is 4.61. The lowest BCUT2D eigenvalue weighted by Gasteiger charge is -2.05. The minimum atomic E-state index is 0.813. The van der Waals surface area contributed by atoms with Crippen molar-refractivity contribution >= 4 is 22.2 Å². The van der Waals surface area contributed by atoms with Crippen LogP contribution in [0.2, 0.25) is 0 Å². The zero-order valence-corrected chi connectivity index (χ0v) is 13.9. The van der Waals surface area contributed by atoms with E-state index < -0.39 is 0 Å². The largest absolute Gasteiger partial charge is 0.252 e. The van der Waals surface area contributed by atoms with Gasteiger partial charge in [0.1, 0.15) is 0 Å². The molecule has 0 aliphatic heterocycles. The molecule has 0 fully saturated rings. The van der Waals surface area contributed by atoms with E-state index in [4.69, 9.17) is 0 Å². The van der Waals surface area contributed by atoms with Crippen LogP contribution in [0.1, 0.15) is 25.3 Å². The number of benzene rings is 2. The molecule has 0 amide bonds. The summed E-state index contributed by atoms with van der Waals surface area (Å²) in [7, 11) is 0. The maximum Gasteiger partial charge on any atom is 0.203 e. The molecule has 0 atom stereocenters. The summed E-state index contributed by atoms with van der Waals surface area (Å²) in [5.74, 6) is 0. The molecule has 1 aromatic heterocycles. The van der Waals surface area contributed by atoms with E-state index in [-0.39, 0.29) is 0 Å². The fourth-order valence-corrected chi connectivity index (χ4v) is 2.98. The van der Waals surface area contributed by atoms with Gasteiger partial charge < -0.3 is 0 Å². The van der Waals surface area contributed by atoms with Gasteiger partial charge >= 0.3 is 0 Å². The van der Waals surface area contributed by atoms with Crippen molar-refractivity contribution in [3.05, 3.63) is 71.6 Å². The molecule has 0 saturated heterocycles. The van der Waals surface area contributed by atoms with Gasteiger partial charge in [-0.25, -0.2) is 4.98 Å². The van der Waals surface area contributed by atoms with Crippen LogP contribution in [0.4, 0.5) is 5.13 Å². The van der Waals surface area contributed by atoms with Gasteiger partial charge in [-0.15, -0.1) is 11.3 Å². The average molecular weight is 321 g/mol. The number of nitrogens with one attached hydrogen (secondary N) is 1. The third-order valence-electron chi connectivity index (χ3n) is 3.45. The normalized spacial score (nSPS) is 11.4. The molecule has 23 heavy (non-hydrogen) atoms. The predicted molar refractivity (Wildman–Crippen MR) is 99.1 cm³/mol. The van der Waals surface area contributed by atoms with Crippen molar-refractivity contribution in [2.45, 2.75) is 19.8 Å². The van der Waals surface area contributed by atoms with Gasteiger partial charge in [0.05, 0.1) is 11.4 Å². The van der Waals surface area contributed by atoms with Crippen LogP contribution in [0.25, 0.3) is 11.3 Å². The van der Waals surface area contributed by atoms with Gasteiger partial charge in [0.15, 0.2) is 0 Å². The molecule has 0 radical (unpaired) electrons. The first-order valence-corrected chi connectivity index (χ1v) is 8.63. The number of thiazole rings is 1. The van der Waals surface area contributed by atoms with Crippen LogP contribution in [-0.4, -0.2) is 10.7 Å². The molecule has 3 aromatic rings. The summed E-state index contributed by atoms with van der Waals surface area (Å²) in [4.78, 5) is 4.61. The standard InChI is InChI=1S/C19H19N3S/c1-2-9-17(15-10-5-3-6-11-15)21-22-19-20-18(14-23-19)16-12-7-4-8-13-16/h3-8,10-14H,2,9H2,1H3,(H,20,22)/b21-17-. The molecular weight excluding hydrogens is 302 g/mol. The molecule has 0 aliphatic rings. The smallest absolute Gasteiger partial charge is 0.203 e. The highest BCUT2D eigenvalue weighted by atomic mass is 32.1. The second-order valence-corrected chi connectivity index (χ2v) is 6.05. The average Bonchev–Trinajstić information content (AvgIpc) is 3.09. The van der Waals surface area contributed by atoms with Crippen molar-refractivity contribution in [2.24, 2.45) is 5.10 Å². The minimum Gasteiger partial charge on any atom is -0.252 e. The molecule has 2 aromatic carbocycles. The molecule has 3 rings (SSSR count). The Bertz CT molecular complexity index is 764. The van der Waals surface area contributed by atoms with E-state index in [9.17, 15) is 0 Å². The topological polar surface area (TPSA) is 37.3 Å². The molecule has 0 saturated carbocycles. The second kappa shape index (κ2) is 7.70. The first-order valence-electron chi connectivity index (χ1n) is 7.75. The highest BCUT2D eigenvalue weighted by molar-refractivity contribution is 7.14. The lowest BCUT2D eigenvalue weighted by atomic mass is 10.1. The number of aromatic nitrogens is 1. The zero-order chi connectivity index (χ0) is 15.9. The van der Waals surface area contributed by atoms with Crippen LogP contribution in [0.15, 0.2) is 71.1 Å². The molecular formula is C19H19N3S. The Hall–Kier alpha value is -2.46. The van der Waals surface area contributed by atoms with E-state index in [1.54, 1.807) is 11.3 Å². The number of hydrogen-bond donors (Lipinski definition) is 1. The highest BCUT2D eigenvalue weighted by Gasteiger charge is 2.05. The van der Waals surface area contributed by atoms with E-state index in [2.05, 4.69) is 52.1 Å². The van der Waals surface area contributed by atoms with E-state index in [1.807, 2.05) is 36.4 Å². The van der Waals surface area contributed by atoms with Crippen LogP contribution in [0.5, 0.6) is 0 Å². The second-order valence-electron chi connectivity index (χ2n) is 5.19. The molecule has 116 valence electrons. The van der Waals surface area contributed by atoms with Crippen molar-refractivity contribution in [2.75, 3.05) is 5.43 Å². The van der Waals surface area contributed by atoms with Crippen molar-refractivity contribution < 1.29 is 0 Å². The third-order valence-corrected chi connectivity index (χ3v) is 4.20. The first-order chi connectivity index (χ1) is 11.4. The zero-order valence-electron chi connectivity index (χ0n) is 13.1. The Kier molecular flexibility index (Phi) is 5.17. The monoisotopic (exact) mass is 321 g/mol. The Morgan fingerprint density at radius 1 is 1.04 bits per heavy atom. The van der Waals surface area contributed by atoms with Gasteiger partial charge in [0.25, 0.3) is 0 Å². The minimum absolute atomic E-state index is 0.813. The van der Waals surface area contributed by atoms with Crippen LogP contribution >= 0.6 is 11.3 Å². The van der Waals surface area contributed by atoms with Crippen LogP contribution in [0, 0.1) is 0 Å². The molecule has 0 spiro atoms. The number of hydrazone groups is 1. The molecule has 3 nitrogen and oxygen atoms in total. The van der Waals surface area contributed by atoms with Gasteiger partial charge in [-0.3, -0.25) is 5.43 Å². The summed E-state index contributed by atoms with van der Waals surface area (Å²) < 4.78 is 0. The lowest BCUT2D eigenvalue weighted by molar-refractivity contribution is 0.987. The molecule has 4 heteroatoms.